The van der Waals surface area contributed by atoms with Crippen LogP contribution in [0.4, 0.5) is 0 Å². The van der Waals surface area contributed by atoms with E-state index in [0.29, 0.717) is 5.56 Å². The quantitative estimate of drug-likeness (QED) is 0.235. The molecule has 0 bridgehead atoms. The Bertz CT molecular complexity index is 827. The Kier molecular flexibility index (Phi) is 11.0. The predicted octanol–water partition coefficient (Wildman–Crippen LogP) is 0.454. The van der Waals surface area contributed by atoms with Crippen LogP contribution in [0.5, 0.6) is 0 Å². The molecule has 2 atom stereocenters. The van der Waals surface area contributed by atoms with Crippen LogP contribution in [0.3, 0.4) is 0 Å². The maximum atomic E-state index is 11.5. The second kappa shape index (κ2) is 13.2. The lowest BCUT2D eigenvalue weighted by molar-refractivity contribution is -0.152. The van der Waals surface area contributed by atoms with Crippen LogP contribution in [0.1, 0.15) is 30.1 Å². The van der Waals surface area contributed by atoms with Crippen LogP contribution < -0.4 is 0 Å². The average molecular weight is 452 g/mol. The Morgan fingerprint density at radius 1 is 0.969 bits per heavy atom. The molecule has 176 valence electrons. The van der Waals surface area contributed by atoms with Gasteiger partial charge in [0.1, 0.15) is 6.04 Å². The van der Waals surface area contributed by atoms with Gasteiger partial charge in [-0.05, 0) is 17.2 Å². The third-order valence-electron chi connectivity index (χ3n) is 4.74. The zero-order valence-electron chi connectivity index (χ0n) is 17.5. The van der Waals surface area contributed by atoms with Gasteiger partial charge in [-0.15, -0.1) is 0 Å². The van der Waals surface area contributed by atoms with Gasteiger partial charge in [0.15, 0.2) is 0 Å². The lowest BCUT2D eigenvalue weighted by Gasteiger charge is -2.30. The van der Waals surface area contributed by atoms with Gasteiger partial charge < -0.3 is 25.5 Å². The molecule has 0 aromatic heterocycles. The lowest BCUT2D eigenvalue weighted by atomic mass is 10.1. The van der Waals surface area contributed by atoms with Crippen molar-refractivity contribution in [3.63, 3.8) is 0 Å². The van der Waals surface area contributed by atoms with Gasteiger partial charge in [-0.25, -0.2) is 0 Å². The molecule has 0 spiro atoms. The monoisotopic (exact) mass is 452 g/mol. The molecule has 5 N–H and O–H groups in total. The van der Waals surface area contributed by atoms with Gasteiger partial charge in [-0.3, -0.25) is 29.0 Å². The fraction of sp³-hybridized carbons (Fsp3) is 0.429. The highest BCUT2D eigenvalue weighted by Gasteiger charge is 2.30. The molecule has 32 heavy (non-hydrogen) atoms. The lowest BCUT2D eigenvalue weighted by Crippen LogP contribution is -2.48. The Hall–Kier alpha value is -3.28. The number of hydrogen-bond acceptors (Lipinski definition) is 7. The van der Waals surface area contributed by atoms with Crippen LogP contribution in [0.2, 0.25) is 0 Å². The van der Waals surface area contributed by atoms with Gasteiger partial charge >= 0.3 is 23.9 Å². The number of benzene rings is 1. The Labute approximate surface area is 184 Å². The molecule has 0 saturated carbocycles. The van der Waals surface area contributed by atoms with Gasteiger partial charge in [0.25, 0.3) is 0 Å². The van der Waals surface area contributed by atoms with E-state index < -0.39 is 49.0 Å². The number of nitrogens with zero attached hydrogens (tertiary/aromatic N) is 2. The minimum atomic E-state index is -1.57. The molecule has 0 fully saturated rings. The van der Waals surface area contributed by atoms with E-state index in [4.69, 9.17) is 15.3 Å². The van der Waals surface area contributed by atoms with Crippen molar-refractivity contribution in [1.29, 1.82) is 0 Å². The van der Waals surface area contributed by atoms with Crippen molar-refractivity contribution in [3.8, 4) is 0 Å². The van der Waals surface area contributed by atoms with E-state index in [2.05, 4.69) is 6.58 Å². The van der Waals surface area contributed by atoms with Crippen molar-refractivity contribution in [2.45, 2.75) is 25.0 Å². The third kappa shape index (κ3) is 9.69. The molecular formula is C21H28N2O9. The van der Waals surface area contributed by atoms with Crippen LogP contribution in [0.25, 0.3) is 6.08 Å². The van der Waals surface area contributed by atoms with Crippen molar-refractivity contribution < 1.29 is 44.7 Å². The largest absolute Gasteiger partial charge is 0.481 e. The smallest absolute Gasteiger partial charge is 0.321 e. The summed E-state index contributed by atoms with van der Waals surface area (Å²) in [4.78, 5) is 47.3. The molecule has 0 aliphatic heterocycles. The SMILES string of the molecule is C=Cc1cccc(C(O)CN(CCC(=O)O)CCN(CC(=O)O)C(CC(=O)O)C(=O)O)c1. The van der Waals surface area contributed by atoms with Crippen LogP contribution in [-0.2, 0) is 19.2 Å². The van der Waals surface area contributed by atoms with E-state index in [-0.39, 0.29) is 32.6 Å². The number of aliphatic hydroxyl groups is 1. The molecule has 1 aromatic carbocycles. The summed E-state index contributed by atoms with van der Waals surface area (Å²) >= 11 is 0. The summed E-state index contributed by atoms with van der Waals surface area (Å²) in [5.41, 5.74) is 1.35. The van der Waals surface area contributed by atoms with Gasteiger partial charge in [0.2, 0.25) is 0 Å². The molecular weight excluding hydrogens is 424 g/mol. The summed E-state index contributed by atoms with van der Waals surface area (Å²) in [5, 5.41) is 47.0. The zero-order chi connectivity index (χ0) is 24.3. The summed E-state index contributed by atoms with van der Waals surface area (Å²) in [6.07, 6.45) is -0.438. The highest BCUT2D eigenvalue weighted by molar-refractivity contribution is 5.81. The molecule has 1 rings (SSSR count). The van der Waals surface area contributed by atoms with E-state index in [1.54, 1.807) is 35.2 Å². The van der Waals surface area contributed by atoms with Crippen molar-refractivity contribution in [2.24, 2.45) is 0 Å². The second-order valence-electron chi connectivity index (χ2n) is 7.15. The summed E-state index contributed by atoms with van der Waals surface area (Å²) < 4.78 is 0. The molecule has 0 aliphatic rings. The van der Waals surface area contributed by atoms with E-state index >= 15 is 0 Å². The fourth-order valence-corrected chi connectivity index (χ4v) is 3.12. The minimum Gasteiger partial charge on any atom is -0.481 e. The summed E-state index contributed by atoms with van der Waals surface area (Å²) in [7, 11) is 0. The topological polar surface area (TPSA) is 176 Å². The Balaban J connectivity index is 2.98. The summed E-state index contributed by atoms with van der Waals surface area (Å²) in [6, 6.07) is 5.37. The number of carbonyl (C=O) groups is 4. The molecule has 1 aromatic rings. The number of aliphatic carboxylic acids is 4. The average Bonchev–Trinajstić information content (AvgIpc) is 2.72. The van der Waals surface area contributed by atoms with E-state index in [0.717, 1.165) is 10.5 Å². The van der Waals surface area contributed by atoms with Crippen LogP contribution in [-0.4, -0.2) is 98.0 Å². The number of rotatable bonds is 16. The molecule has 11 nitrogen and oxygen atoms in total. The van der Waals surface area contributed by atoms with Crippen molar-refractivity contribution >= 4 is 30.0 Å². The predicted molar refractivity (Wildman–Crippen MR) is 113 cm³/mol. The molecule has 0 heterocycles. The van der Waals surface area contributed by atoms with E-state index in [9.17, 15) is 29.4 Å². The van der Waals surface area contributed by atoms with E-state index in [1.165, 1.54) is 0 Å². The number of aliphatic hydroxyl groups excluding tert-OH is 1. The van der Waals surface area contributed by atoms with Gasteiger partial charge in [0, 0.05) is 26.2 Å². The van der Waals surface area contributed by atoms with E-state index in [1.807, 2.05) is 0 Å². The van der Waals surface area contributed by atoms with Crippen LogP contribution in [0.15, 0.2) is 30.8 Å². The van der Waals surface area contributed by atoms with Crippen molar-refractivity contribution in [3.05, 3.63) is 42.0 Å². The maximum Gasteiger partial charge on any atom is 0.321 e. The highest BCUT2D eigenvalue weighted by atomic mass is 16.4. The molecule has 0 radical (unpaired) electrons. The number of carboxylic acids is 4. The number of carboxylic acid groups (broad SMARTS) is 4. The first-order valence-electron chi connectivity index (χ1n) is 9.78. The second-order valence-corrected chi connectivity index (χ2v) is 7.15. The summed E-state index contributed by atoms with van der Waals surface area (Å²) in [6.45, 7) is 2.84. The van der Waals surface area contributed by atoms with Crippen molar-refractivity contribution in [2.75, 3.05) is 32.7 Å². The molecule has 0 saturated heterocycles. The third-order valence-corrected chi connectivity index (χ3v) is 4.74. The zero-order valence-corrected chi connectivity index (χ0v) is 17.5. The standard InChI is InChI=1S/C21H28N2O9/c1-2-14-4-3-5-15(10-14)17(24)12-22(7-6-18(25)26)8-9-23(13-20(29)30)16(21(31)32)11-19(27)28/h2-5,10,16-17,24H,1,6-9,11-13H2,(H,25,26)(H,27,28)(H,29,30)(H,31,32). The van der Waals surface area contributed by atoms with Crippen LogP contribution in [0, 0.1) is 0 Å². The minimum absolute atomic E-state index is 0.00541. The first-order chi connectivity index (χ1) is 15.0. The first-order valence-corrected chi connectivity index (χ1v) is 9.78. The number of hydrogen-bond donors (Lipinski definition) is 5. The molecule has 0 amide bonds. The van der Waals surface area contributed by atoms with Crippen LogP contribution >= 0.6 is 0 Å². The van der Waals surface area contributed by atoms with Gasteiger partial charge in [-0.1, -0.05) is 30.9 Å². The van der Waals surface area contributed by atoms with Gasteiger partial charge in [0.05, 0.1) is 25.5 Å². The fourth-order valence-electron chi connectivity index (χ4n) is 3.12. The highest BCUT2D eigenvalue weighted by Crippen LogP contribution is 2.17. The van der Waals surface area contributed by atoms with Gasteiger partial charge in [-0.2, -0.15) is 0 Å². The normalized spacial score (nSPS) is 13.0. The first kappa shape index (κ1) is 26.8. The Morgan fingerprint density at radius 2 is 1.66 bits per heavy atom. The molecule has 0 aliphatic carbocycles. The van der Waals surface area contributed by atoms with Crippen molar-refractivity contribution in [1.82, 2.24) is 9.80 Å². The molecule has 2 unspecified atom stereocenters. The summed E-state index contributed by atoms with van der Waals surface area (Å²) in [5.74, 6) is -5.28. The molecule has 11 heteroatoms. The maximum absolute atomic E-state index is 11.5. The Morgan fingerprint density at radius 3 is 2.19 bits per heavy atom.